The molecular formula is C18H14N2O3. The number of nitrogens with one attached hydrogen (secondary N) is 1. The Hall–Kier alpha value is -3.21. The largest absolute Gasteiger partial charge is 0.453 e. The van der Waals surface area contributed by atoms with E-state index in [1.807, 2.05) is 12.1 Å². The zero-order valence-electron chi connectivity index (χ0n) is 12.2. The van der Waals surface area contributed by atoms with Gasteiger partial charge in [-0.25, -0.2) is 0 Å². The van der Waals surface area contributed by atoms with Gasteiger partial charge in [-0.3, -0.25) is 14.6 Å². The van der Waals surface area contributed by atoms with Crippen molar-refractivity contribution in [1.82, 2.24) is 10.3 Å². The standard InChI is InChI=1S/C18H14N2O3/c21-12-16-7-8-17(23-16)14-3-5-15(6-4-14)18(22)20-11-13-2-1-9-19-10-13/h1-10,12H,11H2,(H,20,22). The molecule has 0 radical (unpaired) electrons. The normalized spacial score (nSPS) is 10.3. The number of hydrogen-bond acceptors (Lipinski definition) is 4. The van der Waals surface area contributed by atoms with Gasteiger partial charge in [-0.1, -0.05) is 18.2 Å². The summed E-state index contributed by atoms with van der Waals surface area (Å²) in [5, 5.41) is 2.84. The van der Waals surface area contributed by atoms with E-state index in [4.69, 9.17) is 4.42 Å². The Morgan fingerprint density at radius 2 is 1.96 bits per heavy atom. The van der Waals surface area contributed by atoms with Crippen molar-refractivity contribution in [3.8, 4) is 11.3 Å². The van der Waals surface area contributed by atoms with Crippen molar-refractivity contribution >= 4 is 12.2 Å². The number of nitrogens with zero attached hydrogens (tertiary/aromatic N) is 1. The molecule has 0 aliphatic carbocycles. The molecule has 0 fully saturated rings. The molecule has 3 aromatic rings. The molecular weight excluding hydrogens is 292 g/mol. The predicted molar refractivity (Wildman–Crippen MR) is 84.9 cm³/mol. The van der Waals surface area contributed by atoms with Crippen molar-refractivity contribution in [3.05, 3.63) is 77.8 Å². The molecule has 0 aliphatic rings. The number of benzene rings is 1. The van der Waals surface area contributed by atoms with Gasteiger partial charge >= 0.3 is 0 Å². The molecule has 2 aromatic heterocycles. The van der Waals surface area contributed by atoms with Gasteiger partial charge < -0.3 is 9.73 Å². The molecule has 1 N–H and O–H groups in total. The second kappa shape index (κ2) is 6.70. The summed E-state index contributed by atoms with van der Waals surface area (Å²) in [4.78, 5) is 26.8. The summed E-state index contributed by atoms with van der Waals surface area (Å²) in [7, 11) is 0. The summed E-state index contributed by atoms with van der Waals surface area (Å²) in [6.07, 6.45) is 4.06. The van der Waals surface area contributed by atoms with Crippen LogP contribution in [0, 0.1) is 0 Å². The highest BCUT2D eigenvalue weighted by Crippen LogP contribution is 2.22. The molecule has 2 heterocycles. The molecule has 0 saturated heterocycles. The van der Waals surface area contributed by atoms with E-state index in [0.717, 1.165) is 11.1 Å². The zero-order valence-corrected chi connectivity index (χ0v) is 12.2. The fourth-order valence-corrected chi connectivity index (χ4v) is 2.14. The van der Waals surface area contributed by atoms with E-state index in [1.54, 1.807) is 48.8 Å². The summed E-state index contributed by atoms with van der Waals surface area (Å²) < 4.78 is 5.35. The molecule has 3 rings (SSSR count). The van der Waals surface area contributed by atoms with Crippen LogP contribution in [0.5, 0.6) is 0 Å². The number of pyridine rings is 1. The minimum Gasteiger partial charge on any atom is -0.453 e. The first kappa shape index (κ1) is 14.7. The molecule has 1 amide bonds. The Bertz CT molecular complexity index is 808. The third-order valence-electron chi connectivity index (χ3n) is 3.35. The topological polar surface area (TPSA) is 72.2 Å². The second-order valence-corrected chi connectivity index (χ2v) is 4.94. The first-order valence-corrected chi connectivity index (χ1v) is 7.09. The molecule has 0 aliphatic heterocycles. The quantitative estimate of drug-likeness (QED) is 0.735. The molecule has 23 heavy (non-hydrogen) atoms. The number of carbonyl (C=O) groups is 2. The lowest BCUT2D eigenvalue weighted by molar-refractivity contribution is 0.0950. The summed E-state index contributed by atoms with van der Waals surface area (Å²) in [5.41, 5.74) is 2.30. The van der Waals surface area contributed by atoms with Crippen molar-refractivity contribution < 1.29 is 14.0 Å². The third kappa shape index (κ3) is 3.52. The Kier molecular flexibility index (Phi) is 4.29. The lowest BCUT2D eigenvalue weighted by atomic mass is 10.1. The van der Waals surface area contributed by atoms with Gasteiger partial charge in [0, 0.05) is 30.1 Å². The number of rotatable bonds is 5. The molecule has 5 nitrogen and oxygen atoms in total. The Morgan fingerprint density at radius 1 is 1.13 bits per heavy atom. The fourth-order valence-electron chi connectivity index (χ4n) is 2.14. The molecule has 1 aromatic carbocycles. The van der Waals surface area contributed by atoms with Crippen LogP contribution in [0.3, 0.4) is 0 Å². The molecule has 5 heteroatoms. The van der Waals surface area contributed by atoms with Gasteiger partial charge in [0.2, 0.25) is 0 Å². The van der Waals surface area contributed by atoms with Gasteiger partial charge in [0.25, 0.3) is 5.91 Å². The average Bonchev–Trinajstić information content (AvgIpc) is 3.10. The van der Waals surface area contributed by atoms with E-state index < -0.39 is 0 Å². The maximum atomic E-state index is 12.1. The van der Waals surface area contributed by atoms with Crippen LogP contribution >= 0.6 is 0 Å². The van der Waals surface area contributed by atoms with Crippen molar-refractivity contribution in [1.29, 1.82) is 0 Å². The third-order valence-corrected chi connectivity index (χ3v) is 3.35. The smallest absolute Gasteiger partial charge is 0.251 e. The highest BCUT2D eigenvalue weighted by atomic mass is 16.3. The minimum atomic E-state index is -0.159. The van der Waals surface area contributed by atoms with Crippen LogP contribution in [0.4, 0.5) is 0 Å². The van der Waals surface area contributed by atoms with E-state index in [2.05, 4.69) is 10.3 Å². The number of amides is 1. The van der Waals surface area contributed by atoms with Crippen molar-refractivity contribution in [2.75, 3.05) is 0 Å². The van der Waals surface area contributed by atoms with E-state index in [-0.39, 0.29) is 11.7 Å². The van der Waals surface area contributed by atoms with E-state index in [1.165, 1.54) is 0 Å². The number of hydrogen-bond donors (Lipinski definition) is 1. The molecule has 0 saturated carbocycles. The average molecular weight is 306 g/mol. The number of carbonyl (C=O) groups excluding carboxylic acids is 2. The first-order chi connectivity index (χ1) is 11.3. The van der Waals surface area contributed by atoms with Gasteiger partial charge in [0.15, 0.2) is 12.0 Å². The lowest BCUT2D eigenvalue weighted by Crippen LogP contribution is -2.22. The van der Waals surface area contributed by atoms with E-state index in [0.29, 0.717) is 24.2 Å². The predicted octanol–water partition coefficient (Wildman–Crippen LogP) is 3.08. The molecule has 0 bridgehead atoms. The Morgan fingerprint density at radius 3 is 2.61 bits per heavy atom. The van der Waals surface area contributed by atoms with Crippen LogP contribution in [0.15, 0.2) is 65.3 Å². The van der Waals surface area contributed by atoms with Crippen LogP contribution in [-0.4, -0.2) is 17.2 Å². The van der Waals surface area contributed by atoms with Gasteiger partial charge in [-0.05, 0) is 35.9 Å². The van der Waals surface area contributed by atoms with Gasteiger partial charge in [-0.2, -0.15) is 0 Å². The molecule has 0 unspecified atom stereocenters. The van der Waals surface area contributed by atoms with Crippen LogP contribution in [0.1, 0.15) is 26.5 Å². The fraction of sp³-hybridized carbons (Fsp3) is 0.0556. The molecule has 0 spiro atoms. The number of furan rings is 1. The summed E-state index contributed by atoms with van der Waals surface area (Å²) in [6.45, 7) is 0.426. The van der Waals surface area contributed by atoms with E-state index >= 15 is 0 Å². The van der Waals surface area contributed by atoms with Gasteiger partial charge in [-0.15, -0.1) is 0 Å². The monoisotopic (exact) mass is 306 g/mol. The molecule has 0 atom stereocenters. The number of aromatic nitrogens is 1. The molecule has 114 valence electrons. The summed E-state index contributed by atoms with van der Waals surface area (Å²) in [6, 6.07) is 14.1. The zero-order chi connectivity index (χ0) is 16.1. The minimum absolute atomic E-state index is 0.159. The van der Waals surface area contributed by atoms with Crippen molar-refractivity contribution in [2.45, 2.75) is 6.54 Å². The Balaban J connectivity index is 1.66. The number of aldehydes is 1. The van der Waals surface area contributed by atoms with Crippen LogP contribution < -0.4 is 5.32 Å². The Labute approximate surface area is 133 Å². The lowest BCUT2D eigenvalue weighted by Gasteiger charge is -2.05. The van der Waals surface area contributed by atoms with E-state index in [9.17, 15) is 9.59 Å². The van der Waals surface area contributed by atoms with Crippen LogP contribution in [0.25, 0.3) is 11.3 Å². The second-order valence-electron chi connectivity index (χ2n) is 4.94. The summed E-state index contributed by atoms with van der Waals surface area (Å²) in [5.74, 6) is 0.709. The maximum Gasteiger partial charge on any atom is 0.251 e. The highest BCUT2D eigenvalue weighted by Gasteiger charge is 2.08. The van der Waals surface area contributed by atoms with Crippen molar-refractivity contribution in [3.63, 3.8) is 0 Å². The van der Waals surface area contributed by atoms with Gasteiger partial charge in [0.1, 0.15) is 5.76 Å². The first-order valence-electron chi connectivity index (χ1n) is 7.09. The maximum absolute atomic E-state index is 12.1. The summed E-state index contributed by atoms with van der Waals surface area (Å²) >= 11 is 0. The van der Waals surface area contributed by atoms with Crippen LogP contribution in [-0.2, 0) is 6.54 Å². The van der Waals surface area contributed by atoms with Gasteiger partial charge in [0.05, 0.1) is 0 Å². The highest BCUT2D eigenvalue weighted by molar-refractivity contribution is 5.94. The van der Waals surface area contributed by atoms with Crippen LogP contribution in [0.2, 0.25) is 0 Å². The van der Waals surface area contributed by atoms with Crippen molar-refractivity contribution in [2.24, 2.45) is 0 Å². The SMILES string of the molecule is O=Cc1ccc(-c2ccc(C(=O)NCc3cccnc3)cc2)o1.